The van der Waals surface area contributed by atoms with Gasteiger partial charge in [0.2, 0.25) is 5.95 Å². The van der Waals surface area contributed by atoms with Crippen LogP contribution in [0.3, 0.4) is 0 Å². The molecule has 3 aromatic heterocycles. The Bertz CT molecular complexity index is 1260. The summed E-state index contributed by atoms with van der Waals surface area (Å²) in [6.07, 6.45) is 9.35. The number of anilines is 2. The summed E-state index contributed by atoms with van der Waals surface area (Å²) in [4.78, 5) is 8.70. The molecule has 3 heterocycles. The minimum Gasteiger partial charge on any atom is -0.328 e. The highest BCUT2D eigenvalue weighted by Crippen LogP contribution is 2.36. The van der Waals surface area contributed by atoms with Crippen molar-refractivity contribution in [2.75, 3.05) is 5.32 Å². The summed E-state index contributed by atoms with van der Waals surface area (Å²) in [5.74, 6) is -0.502. The minimum atomic E-state index is -0.646. The van der Waals surface area contributed by atoms with Gasteiger partial charge in [-0.3, -0.25) is 4.98 Å². The molecule has 0 aliphatic heterocycles. The van der Waals surface area contributed by atoms with Gasteiger partial charge in [0.05, 0.1) is 34.9 Å². The van der Waals surface area contributed by atoms with Gasteiger partial charge in [-0.05, 0) is 73.6 Å². The van der Waals surface area contributed by atoms with Gasteiger partial charge in [0.15, 0.2) is 0 Å². The maximum absolute atomic E-state index is 14.5. The van der Waals surface area contributed by atoms with Crippen LogP contribution in [0, 0.1) is 18.6 Å². The lowest BCUT2D eigenvalue weighted by atomic mass is 9.81. The molecule has 2 atom stereocenters. The predicted octanol–water partition coefficient (Wildman–Crippen LogP) is 5.11. The Morgan fingerprint density at radius 3 is 2.69 bits per heavy atom. The third-order valence-electron chi connectivity index (χ3n) is 6.08. The monoisotopic (exact) mass is 434 g/mol. The molecule has 0 amide bonds. The van der Waals surface area contributed by atoms with Gasteiger partial charge in [-0.25, -0.2) is 13.8 Å². The van der Waals surface area contributed by atoms with Crippen LogP contribution in [-0.2, 0) is 0 Å². The summed E-state index contributed by atoms with van der Waals surface area (Å²) >= 11 is 0. The molecular weight excluding hydrogens is 410 g/mol. The molecular formula is C24H24F2N6. The van der Waals surface area contributed by atoms with Crippen LogP contribution < -0.4 is 11.1 Å². The van der Waals surface area contributed by atoms with Crippen LogP contribution in [0.4, 0.5) is 20.4 Å². The Morgan fingerprint density at radius 2 is 1.91 bits per heavy atom. The first-order chi connectivity index (χ1) is 15.5. The number of nitrogens with zero attached hydrogens (tertiary/aromatic N) is 4. The van der Waals surface area contributed by atoms with Crippen molar-refractivity contribution in [2.45, 2.75) is 44.6 Å². The van der Waals surface area contributed by atoms with Crippen molar-refractivity contribution in [1.82, 2.24) is 19.6 Å². The van der Waals surface area contributed by atoms with Gasteiger partial charge in [0.1, 0.15) is 11.6 Å². The second-order valence-corrected chi connectivity index (χ2v) is 8.45. The number of benzene rings is 1. The predicted molar refractivity (Wildman–Crippen MR) is 120 cm³/mol. The number of rotatable bonds is 4. The van der Waals surface area contributed by atoms with Crippen LogP contribution in [0.25, 0.3) is 16.8 Å². The number of nitrogens with two attached hydrogens (primary N) is 1. The van der Waals surface area contributed by atoms with Crippen molar-refractivity contribution >= 4 is 17.2 Å². The molecule has 0 saturated heterocycles. The SMILES string of the molecule is Cc1cc(F)c(-c2ccc3cnc(Nc4cnccc4C4CCCC(N)C4)n3n2)c(F)c1. The first kappa shape index (κ1) is 20.5. The number of aryl methyl sites for hydroxylation is 1. The van der Waals surface area contributed by atoms with Crippen molar-refractivity contribution < 1.29 is 8.78 Å². The third kappa shape index (κ3) is 3.82. The zero-order valence-electron chi connectivity index (χ0n) is 17.7. The van der Waals surface area contributed by atoms with Crippen molar-refractivity contribution in [3.8, 4) is 11.3 Å². The second-order valence-electron chi connectivity index (χ2n) is 8.45. The van der Waals surface area contributed by atoms with E-state index in [9.17, 15) is 8.78 Å². The Kier molecular flexibility index (Phi) is 5.30. The highest BCUT2D eigenvalue weighted by atomic mass is 19.1. The summed E-state index contributed by atoms with van der Waals surface area (Å²) in [6.45, 7) is 1.65. The minimum absolute atomic E-state index is 0.157. The third-order valence-corrected chi connectivity index (χ3v) is 6.08. The molecule has 6 nitrogen and oxygen atoms in total. The normalized spacial score (nSPS) is 18.8. The molecule has 5 rings (SSSR count). The molecule has 2 unspecified atom stereocenters. The molecule has 1 fully saturated rings. The standard InChI is InChI=1S/C24H24F2N6/c1-14-9-19(25)23(20(26)10-14)21-6-5-17-12-29-24(32(17)31-21)30-22-13-28-8-7-18(22)15-3-2-4-16(27)11-15/h5-10,12-13,15-16H,2-4,11,27H2,1H3,(H,29,30). The highest BCUT2D eigenvalue weighted by molar-refractivity contribution is 5.66. The first-order valence-corrected chi connectivity index (χ1v) is 10.8. The van der Waals surface area contributed by atoms with Crippen molar-refractivity contribution in [1.29, 1.82) is 0 Å². The molecule has 0 spiro atoms. The number of fused-ring (bicyclic) bond motifs is 1. The number of pyridine rings is 1. The zero-order chi connectivity index (χ0) is 22.2. The largest absolute Gasteiger partial charge is 0.328 e. The van der Waals surface area contributed by atoms with E-state index in [1.54, 1.807) is 42.2 Å². The lowest BCUT2D eigenvalue weighted by Crippen LogP contribution is -2.27. The fraction of sp³-hybridized carbons (Fsp3) is 0.292. The van der Waals surface area contributed by atoms with E-state index in [-0.39, 0.29) is 17.3 Å². The molecule has 32 heavy (non-hydrogen) atoms. The Hall–Kier alpha value is -3.39. The molecule has 1 aliphatic rings. The molecule has 1 saturated carbocycles. The van der Waals surface area contributed by atoms with E-state index < -0.39 is 11.6 Å². The Labute approximate surface area is 184 Å². The van der Waals surface area contributed by atoms with Crippen molar-refractivity contribution in [3.05, 3.63) is 71.7 Å². The van der Waals surface area contributed by atoms with Crippen LogP contribution in [0.15, 0.2) is 48.9 Å². The highest BCUT2D eigenvalue weighted by Gasteiger charge is 2.23. The first-order valence-electron chi connectivity index (χ1n) is 10.8. The molecule has 8 heteroatoms. The molecule has 1 aliphatic carbocycles. The fourth-order valence-corrected chi connectivity index (χ4v) is 4.54. The summed E-state index contributed by atoms with van der Waals surface area (Å²) in [5, 5.41) is 7.80. The lowest BCUT2D eigenvalue weighted by molar-refractivity contribution is 0.394. The van der Waals surface area contributed by atoms with Gasteiger partial charge in [-0.15, -0.1) is 0 Å². The fourth-order valence-electron chi connectivity index (χ4n) is 4.54. The molecule has 164 valence electrons. The van der Waals surface area contributed by atoms with Crippen molar-refractivity contribution in [3.63, 3.8) is 0 Å². The van der Waals surface area contributed by atoms with E-state index in [4.69, 9.17) is 5.73 Å². The van der Waals surface area contributed by atoms with Crippen LogP contribution in [-0.4, -0.2) is 25.6 Å². The molecule has 0 bridgehead atoms. The number of halogens is 2. The number of imidazole rings is 1. The van der Waals surface area contributed by atoms with Gasteiger partial charge in [0, 0.05) is 12.2 Å². The van der Waals surface area contributed by atoms with E-state index in [2.05, 4.69) is 20.4 Å². The lowest BCUT2D eigenvalue weighted by Gasteiger charge is -2.28. The second kappa shape index (κ2) is 8.27. The van der Waals surface area contributed by atoms with E-state index in [0.29, 0.717) is 22.9 Å². The zero-order valence-corrected chi connectivity index (χ0v) is 17.7. The maximum atomic E-state index is 14.5. The average molecular weight is 434 g/mol. The van der Waals surface area contributed by atoms with E-state index in [1.807, 2.05) is 6.07 Å². The van der Waals surface area contributed by atoms with E-state index in [1.165, 1.54) is 12.1 Å². The van der Waals surface area contributed by atoms with Crippen LogP contribution in [0.2, 0.25) is 0 Å². The van der Waals surface area contributed by atoms with E-state index >= 15 is 0 Å². The maximum Gasteiger partial charge on any atom is 0.229 e. The summed E-state index contributed by atoms with van der Waals surface area (Å²) in [6, 6.07) is 8.14. The smallest absolute Gasteiger partial charge is 0.229 e. The Morgan fingerprint density at radius 1 is 1.09 bits per heavy atom. The van der Waals surface area contributed by atoms with Crippen LogP contribution in [0.1, 0.15) is 42.7 Å². The van der Waals surface area contributed by atoms with Gasteiger partial charge in [-0.1, -0.05) is 6.42 Å². The van der Waals surface area contributed by atoms with Crippen LogP contribution in [0.5, 0.6) is 0 Å². The van der Waals surface area contributed by atoms with E-state index in [0.717, 1.165) is 36.9 Å². The number of hydrogen-bond acceptors (Lipinski definition) is 5. The van der Waals surface area contributed by atoms with Gasteiger partial charge < -0.3 is 11.1 Å². The molecule has 3 N–H and O–H groups in total. The van der Waals surface area contributed by atoms with Crippen molar-refractivity contribution in [2.24, 2.45) is 5.73 Å². The molecule has 4 aromatic rings. The molecule has 1 aromatic carbocycles. The van der Waals surface area contributed by atoms with Gasteiger partial charge in [-0.2, -0.15) is 9.61 Å². The summed E-state index contributed by atoms with van der Waals surface area (Å²) < 4.78 is 30.6. The van der Waals surface area contributed by atoms with Crippen LogP contribution >= 0.6 is 0 Å². The average Bonchev–Trinajstić information content (AvgIpc) is 3.15. The van der Waals surface area contributed by atoms with Gasteiger partial charge >= 0.3 is 0 Å². The summed E-state index contributed by atoms with van der Waals surface area (Å²) in [5.41, 5.74) is 9.43. The quantitative estimate of drug-likeness (QED) is 0.467. The number of aromatic nitrogens is 4. The number of hydrogen-bond donors (Lipinski definition) is 2. The summed E-state index contributed by atoms with van der Waals surface area (Å²) in [7, 11) is 0. The Balaban J connectivity index is 1.53. The molecule has 0 radical (unpaired) electrons. The van der Waals surface area contributed by atoms with Gasteiger partial charge in [0.25, 0.3) is 0 Å². The topological polar surface area (TPSA) is 81.1 Å². The number of nitrogens with one attached hydrogen (secondary N) is 1.